The Morgan fingerprint density at radius 1 is 1.23 bits per heavy atom. The van der Waals surface area contributed by atoms with Crippen molar-refractivity contribution in [3.63, 3.8) is 0 Å². The molecule has 0 bridgehead atoms. The lowest BCUT2D eigenvalue weighted by Gasteiger charge is -2.31. The Labute approximate surface area is 188 Å². The summed E-state index contributed by atoms with van der Waals surface area (Å²) < 4.78 is 0. The first-order valence-corrected chi connectivity index (χ1v) is 11.6. The molecule has 2 heterocycles. The average Bonchev–Trinajstić information content (AvgIpc) is 3.21. The number of likely N-dealkylation sites (tertiary alicyclic amines) is 1. The summed E-state index contributed by atoms with van der Waals surface area (Å²) in [5, 5.41) is 8.84. The van der Waals surface area contributed by atoms with Gasteiger partial charge in [0.2, 0.25) is 5.91 Å². The van der Waals surface area contributed by atoms with Gasteiger partial charge in [-0.15, -0.1) is 11.3 Å². The van der Waals surface area contributed by atoms with E-state index in [0.29, 0.717) is 19.6 Å². The van der Waals surface area contributed by atoms with Crippen LogP contribution in [0.5, 0.6) is 0 Å². The minimum Gasteiger partial charge on any atom is -0.369 e. The molecule has 1 fully saturated rings. The van der Waals surface area contributed by atoms with Crippen LogP contribution in [0.4, 0.5) is 4.79 Å². The van der Waals surface area contributed by atoms with E-state index < -0.39 is 0 Å². The number of nitrogens with one attached hydrogen (secondary N) is 2. The predicted octanol–water partition coefficient (Wildman–Crippen LogP) is 3.14. The Hall–Kier alpha value is -2.45. The van der Waals surface area contributed by atoms with Crippen molar-refractivity contribution in [3.05, 3.63) is 51.5 Å². The Morgan fingerprint density at radius 2 is 1.97 bits per heavy atom. The first-order valence-electron chi connectivity index (χ1n) is 10.8. The zero-order chi connectivity index (χ0) is 22.4. The molecule has 3 amide bonds. The predicted molar refractivity (Wildman–Crippen MR) is 124 cm³/mol. The van der Waals surface area contributed by atoms with Crippen LogP contribution in [0.2, 0.25) is 0 Å². The molecule has 1 aliphatic rings. The van der Waals surface area contributed by atoms with Gasteiger partial charge in [0.05, 0.1) is 23.2 Å². The van der Waals surface area contributed by atoms with Gasteiger partial charge in [-0.05, 0) is 30.5 Å². The van der Waals surface area contributed by atoms with E-state index in [0.717, 1.165) is 42.2 Å². The maximum atomic E-state index is 12.2. The fourth-order valence-corrected chi connectivity index (χ4v) is 4.58. The van der Waals surface area contributed by atoms with Crippen LogP contribution < -0.4 is 16.4 Å². The number of benzene rings is 1. The van der Waals surface area contributed by atoms with Crippen LogP contribution in [-0.4, -0.2) is 34.9 Å². The lowest BCUT2D eigenvalue weighted by molar-refractivity contribution is -0.123. The number of thiazole rings is 1. The minimum absolute atomic E-state index is 0.0190. The standard InChI is InChI=1S/C23H33N5O2S/c1-23(2,3)21-27-19(15-31-21)12-26-22(30)25-11-16-6-4-7-17(10-16)13-28-9-5-8-18(14-28)20(24)29/h4,6-7,10,15,18H,5,8-9,11-14H2,1-3H3,(H2,24,29)(H2,25,26,30). The largest absolute Gasteiger partial charge is 0.369 e. The number of piperidine rings is 1. The maximum Gasteiger partial charge on any atom is 0.315 e. The van der Waals surface area contributed by atoms with Gasteiger partial charge in [0.15, 0.2) is 0 Å². The quantitative estimate of drug-likeness (QED) is 0.612. The van der Waals surface area contributed by atoms with Gasteiger partial charge in [-0.1, -0.05) is 45.0 Å². The molecule has 0 saturated carbocycles. The third-order valence-electron chi connectivity index (χ3n) is 5.38. The molecule has 1 atom stereocenters. The molecule has 2 aromatic rings. The molecule has 0 aliphatic carbocycles. The summed E-state index contributed by atoms with van der Waals surface area (Å²) in [5.41, 5.74) is 8.59. The number of aromatic nitrogens is 1. The van der Waals surface area contributed by atoms with E-state index in [1.807, 2.05) is 17.5 Å². The summed E-state index contributed by atoms with van der Waals surface area (Å²) in [7, 11) is 0. The van der Waals surface area contributed by atoms with E-state index in [2.05, 4.69) is 53.4 Å². The summed E-state index contributed by atoms with van der Waals surface area (Å²) in [6, 6.07) is 7.97. The fourth-order valence-electron chi connectivity index (χ4n) is 3.68. The molecule has 4 N–H and O–H groups in total. The van der Waals surface area contributed by atoms with Crippen LogP contribution in [0.3, 0.4) is 0 Å². The van der Waals surface area contributed by atoms with E-state index in [9.17, 15) is 9.59 Å². The van der Waals surface area contributed by atoms with E-state index >= 15 is 0 Å². The number of hydrogen-bond acceptors (Lipinski definition) is 5. The zero-order valence-electron chi connectivity index (χ0n) is 18.6. The Bertz CT molecular complexity index is 905. The topological polar surface area (TPSA) is 100 Å². The Morgan fingerprint density at radius 3 is 2.68 bits per heavy atom. The second kappa shape index (κ2) is 10.2. The Kier molecular flexibility index (Phi) is 7.67. The van der Waals surface area contributed by atoms with Crippen LogP contribution in [0, 0.1) is 5.92 Å². The van der Waals surface area contributed by atoms with Crippen molar-refractivity contribution in [2.45, 2.75) is 58.7 Å². The van der Waals surface area contributed by atoms with Crippen molar-refractivity contribution in [1.29, 1.82) is 0 Å². The molecule has 3 rings (SSSR count). The highest BCUT2D eigenvalue weighted by atomic mass is 32.1. The summed E-state index contributed by atoms with van der Waals surface area (Å²) in [6.45, 7) is 9.73. The smallest absolute Gasteiger partial charge is 0.315 e. The third kappa shape index (κ3) is 7.04. The van der Waals surface area contributed by atoms with Gasteiger partial charge in [-0.2, -0.15) is 0 Å². The van der Waals surface area contributed by atoms with E-state index in [4.69, 9.17) is 5.73 Å². The van der Waals surface area contributed by atoms with Gasteiger partial charge >= 0.3 is 6.03 Å². The summed E-state index contributed by atoms with van der Waals surface area (Å²) in [6.07, 6.45) is 1.87. The van der Waals surface area contributed by atoms with Crippen LogP contribution in [0.15, 0.2) is 29.6 Å². The number of hydrogen-bond donors (Lipinski definition) is 3. The highest BCUT2D eigenvalue weighted by Gasteiger charge is 2.23. The SMILES string of the molecule is CC(C)(C)c1nc(CNC(=O)NCc2cccc(CN3CCCC(C(N)=O)C3)c2)cs1. The van der Waals surface area contributed by atoms with Crippen molar-refractivity contribution in [1.82, 2.24) is 20.5 Å². The molecular weight excluding hydrogens is 410 g/mol. The number of rotatable bonds is 7. The van der Waals surface area contributed by atoms with Crippen LogP contribution >= 0.6 is 11.3 Å². The van der Waals surface area contributed by atoms with Crippen molar-refractivity contribution >= 4 is 23.3 Å². The second-order valence-corrected chi connectivity index (χ2v) is 10.1. The molecule has 7 nitrogen and oxygen atoms in total. The minimum atomic E-state index is -0.212. The summed E-state index contributed by atoms with van der Waals surface area (Å²) >= 11 is 1.62. The average molecular weight is 444 g/mol. The van der Waals surface area contributed by atoms with E-state index in [-0.39, 0.29) is 23.3 Å². The van der Waals surface area contributed by atoms with Crippen molar-refractivity contribution in [2.24, 2.45) is 11.7 Å². The molecule has 8 heteroatoms. The van der Waals surface area contributed by atoms with Crippen LogP contribution in [-0.2, 0) is 29.8 Å². The number of urea groups is 1. The van der Waals surface area contributed by atoms with Crippen LogP contribution in [0.25, 0.3) is 0 Å². The maximum absolute atomic E-state index is 12.2. The first-order chi connectivity index (χ1) is 14.7. The molecule has 1 aliphatic heterocycles. The van der Waals surface area contributed by atoms with Gasteiger partial charge in [0.1, 0.15) is 0 Å². The number of nitrogens with zero attached hydrogens (tertiary/aromatic N) is 2. The van der Waals surface area contributed by atoms with Gasteiger partial charge in [0.25, 0.3) is 0 Å². The molecule has 1 aromatic carbocycles. The molecular formula is C23H33N5O2S. The number of carbonyl (C=O) groups is 2. The van der Waals surface area contributed by atoms with Crippen molar-refractivity contribution < 1.29 is 9.59 Å². The number of primary amides is 1. The van der Waals surface area contributed by atoms with Gasteiger partial charge < -0.3 is 16.4 Å². The number of carbonyl (C=O) groups excluding carboxylic acids is 2. The summed E-state index contributed by atoms with van der Waals surface area (Å²) in [4.78, 5) is 30.6. The zero-order valence-corrected chi connectivity index (χ0v) is 19.4. The fraction of sp³-hybridized carbons (Fsp3) is 0.522. The highest BCUT2D eigenvalue weighted by Crippen LogP contribution is 2.25. The molecule has 1 unspecified atom stereocenters. The molecule has 168 valence electrons. The lowest BCUT2D eigenvalue weighted by Crippen LogP contribution is -2.40. The van der Waals surface area contributed by atoms with E-state index in [1.165, 1.54) is 5.56 Å². The molecule has 1 aromatic heterocycles. The number of amides is 3. The van der Waals surface area contributed by atoms with Gasteiger partial charge in [0, 0.05) is 30.4 Å². The molecule has 31 heavy (non-hydrogen) atoms. The van der Waals surface area contributed by atoms with Gasteiger partial charge in [-0.25, -0.2) is 9.78 Å². The third-order valence-corrected chi connectivity index (χ3v) is 6.70. The number of nitrogens with two attached hydrogens (primary N) is 1. The van der Waals surface area contributed by atoms with E-state index in [1.54, 1.807) is 11.3 Å². The molecule has 0 spiro atoms. The van der Waals surface area contributed by atoms with Crippen LogP contribution in [0.1, 0.15) is 55.4 Å². The monoisotopic (exact) mass is 443 g/mol. The summed E-state index contributed by atoms with van der Waals surface area (Å²) in [5.74, 6) is -0.263. The molecule has 1 saturated heterocycles. The highest BCUT2D eigenvalue weighted by molar-refractivity contribution is 7.09. The second-order valence-electron chi connectivity index (χ2n) is 9.23. The normalized spacial score (nSPS) is 17.3. The first kappa shape index (κ1) is 23.2. The van der Waals surface area contributed by atoms with Crippen molar-refractivity contribution in [2.75, 3.05) is 13.1 Å². The van der Waals surface area contributed by atoms with Gasteiger partial charge in [-0.3, -0.25) is 9.69 Å². The van der Waals surface area contributed by atoms with Crippen molar-refractivity contribution in [3.8, 4) is 0 Å². The Balaban J connectivity index is 1.45. The molecule has 0 radical (unpaired) electrons. The lowest BCUT2D eigenvalue weighted by atomic mass is 9.97.